The first-order chi connectivity index (χ1) is 29.2. The largest absolute Gasteiger partial charge is 0.507 e. The van der Waals surface area contributed by atoms with E-state index in [-0.39, 0.29) is 27.4 Å². The fraction of sp³-hybridized carbons (Fsp3) is 0.276. The van der Waals surface area contributed by atoms with E-state index in [0.29, 0.717) is 11.4 Å². The van der Waals surface area contributed by atoms with Gasteiger partial charge in [-0.1, -0.05) is 174 Å². The number of imidazole rings is 1. The van der Waals surface area contributed by atoms with Crippen molar-refractivity contribution in [3.63, 3.8) is 0 Å². The number of phenolic OH excluding ortho intramolecular Hbond substituents is 1. The van der Waals surface area contributed by atoms with Crippen LogP contribution in [0.3, 0.4) is 0 Å². The van der Waals surface area contributed by atoms with Gasteiger partial charge in [-0.3, -0.25) is 9.55 Å². The third kappa shape index (κ3) is 8.36. The number of para-hydroxylation sites is 2. The molecule has 2 heterocycles. The van der Waals surface area contributed by atoms with Crippen LogP contribution in [-0.2, 0) is 21.7 Å². The van der Waals surface area contributed by atoms with E-state index < -0.39 is 0 Å². The smallest absolute Gasteiger partial charge is 0.149 e. The standard InChI is InChI=1S/C58H61N3O/c1-55(2,3)42-24-20-37(21-25-42)39-30-31-59-49(35-39)41-32-40(33-45(34-41)58(10,11)12)47-17-15-18-50-53(47)60-54(48-16-13-14-19-52(48)62)61(50)51-36-44(57(7,8)9)28-29-46(51)38-22-26-43(27-23-38)56(4,5)6/h13-36,62H,1-12H3. The molecule has 1 N–H and O–H groups in total. The third-order valence-corrected chi connectivity index (χ3v) is 12.2. The molecule has 314 valence electrons. The van der Waals surface area contributed by atoms with Gasteiger partial charge in [0.15, 0.2) is 0 Å². The van der Waals surface area contributed by atoms with Crippen molar-refractivity contribution >= 4 is 11.0 Å². The second kappa shape index (κ2) is 15.6. The van der Waals surface area contributed by atoms with Gasteiger partial charge in [0.25, 0.3) is 0 Å². The van der Waals surface area contributed by atoms with Crippen molar-refractivity contribution in [2.24, 2.45) is 0 Å². The highest BCUT2D eigenvalue weighted by Crippen LogP contribution is 2.43. The van der Waals surface area contributed by atoms with Gasteiger partial charge in [-0.25, -0.2) is 4.98 Å². The van der Waals surface area contributed by atoms with Gasteiger partial charge in [0.2, 0.25) is 0 Å². The molecule has 0 fully saturated rings. The van der Waals surface area contributed by atoms with Gasteiger partial charge in [0.05, 0.1) is 28.0 Å². The van der Waals surface area contributed by atoms with Gasteiger partial charge in [-0.2, -0.15) is 0 Å². The van der Waals surface area contributed by atoms with Gasteiger partial charge in [0.1, 0.15) is 11.6 Å². The maximum absolute atomic E-state index is 11.5. The predicted octanol–water partition coefficient (Wildman–Crippen LogP) is 15.7. The molecule has 8 rings (SSSR count). The minimum Gasteiger partial charge on any atom is -0.507 e. The Hall–Kier alpha value is -6.26. The highest BCUT2D eigenvalue weighted by Gasteiger charge is 2.26. The van der Waals surface area contributed by atoms with E-state index in [1.165, 1.54) is 27.8 Å². The third-order valence-electron chi connectivity index (χ3n) is 12.2. The Kier molecular flexibility index (Phi) is 10.7. The Balaban J connectivity index is 1.36. The number of fused-ring (bicyclic) bond motifs is 1. The number of rotatable bonds is 6. The monoisotopic (exact) mass is 815 g/mol. The van der Waals surface area contributed by atoms with E-state index in [1.807, 2.05) is 24.4 Å². The molecule has 4 heteroatoms. The van der Waals surface area contributed by atoms with Crippen LogP contribution in [0.15, 0.2) is 146 Å². The van der Waals surface area contributed by atoms with Crippen LogP contribution in [-0.4, -0.2) is 19.6 Å². The summed E-state index contributed by atoms with van der Waals surface area (Å²) in [5.74, 6) is 0.868. The highest BCUT2D eigenvalue weighted by molar-refractivity contribution is 5.97. The molecule has 0 saturated carbocycles. The van der Waals surface area contributed by atoms with Crippen LogP contribution < -0.4 is 0 Å². The summed E-state index contributed by atoms with van der Waals surface area (Å²) in [7, 11) is 0. The van der Waals surface area contributed by atoms with Crippen molar-refractivity contribution in [2.75, 3.05) is 0 Å². The molecule has 0 atom stereocenters. The Morgan fingerprint density at radius 1 is 0.419 bits per heavy atom. The minimum atomic E-state index is -0.135. The molecule has 0 unspecified atom stereocenters. The van der Waals surface area contributed by atoms with Crippen LogP contribution in [0.4, 0.5) is 0 Å². The van der Waals surface area contributed by atoms with Crippen molar-refractivity contribution in [3.05, 3.63) is 168 Å². The number of nitrogens with zero attached hydrogens (tertiary/aromatic N) is 3. The average Bonchev–Trinajstić information content (AvgIpc) is 3.62. The van der Waals surface area contributed by atoms with Crippen molar-refractivity contribution in [2.45, 2.75) is 105 Å². The normalized spacial score (nSPS) is 12.6. The molecule has 62 heavy (non-hydrogen) atoms. The molecule has 0 aliphatic rings. The van der Waals surface area contributed by atoms with Gasteiger partial charge >= 0.3 is 0 Å². The molecule has 0 radical (unpaired) electrons. The van der Waals surface area contributed by atoms with Crippen LogP contribution in [0.5, 0.6) is 5.75 Å². The van der Waals surface area contributed by atoms with Crippen molar-refractivity contribution in [1.82, 2.24) is 14.5 Å². The fourth-order valence-electron chi connectivity index (χ4n) is 8.29. The lowest BCUT2D eigenvalue weighted by molar-refractivity contribution is 0.477. The molecule has 6 aromatic carbocycles. The quantitative estimate of drug-likeness (QED) is 0.182. The van der Waals surface area contributed by atoms with Crippen molar-refractivity contribution in [1.29, 1.82) is 0 Å². The van der Waals surface area contributed by atoms with Crippen molar-refractivity contribution < 1.29 is 5.11 Å². The topological polar surface area (TPSA) is 50.9 Å². The summed E-state index contributed by atoms with van der Waals surface area (Å²) in [6.45, 7) is 27.1. The van der Waals surface area contributed by atoms with Crippen LogP contribution in [0.1, 0.15) is 105 Å². The molecular weight excluding hydrogens is 755 g/mol. The Labute approximate surface area is 369 Å². The minimum absolute atomic E-state index is 0.0355. The maximum atomic E-state index is 11.5. The molecule has 0 aliphatic carbocycles. The SMILES string of the molecule is CC(C)(C)c1ccc(-c2ccnc(-c3cc(-c4cccc5c4nc(-c4ccccc4O)n5-c4cc(C(C)(C)C)ccc4-c4ccc(C(C)(C)C)cc4)cc(C(C)(C)C)c3)c2)cc1. The summed E-state index contributed by atoms with van der Waals surface area (Å²) in [6, 6.07) is 49.9. The first kappa shape index (κ1) is 42.4. The summed E-state index contributed by atoms with van der Waals surface area (Å²) >= 11 is 0. The lowest BCUT2D eigenvalue weighted by Gasteiger charge is -2.24. The number of aromatic nitrogens is 3. The lowest BCUT2D eigenvalue weighted by atomic mass is 9.83. The molecule has 0 spiro atoms. The molecule has 0 bridgehead atoms. The highest BCUT2D eigenvalue weighted by atomic mass is 16.3. The molecular formula is C58H61N3O. The first-order valence-electron chi connectivity index (χ1n) is 22.0. The van der Waals surface area contributed by atoms with Crippen molar-refractivity contribution in [3.8, 4) is 67.5 Å². The van der Waals surface area contributed by atoms with E-state index in [1.54, 1.807) is 6.07 Å². The average molecular weight is 816 g/mol. The van der Waals surface area contributed by atoms with E-state index in [9.17, 15) is 5.11 Å². The summed E-state index contributed by atoms with van der Waals surface area (Å²) in [5, 5.41) is 11.5. The number of pyridine rings is 1. The zero-order chi connectivity index (χ0) is 44.4. The maximum Gasteiger partial charge on any atom is 0.149 e. The van der Waals surface area contributed by atoms with Crippen LogP contribution in [0.2, 0.25) is 0 Å². The summed E-state index contributed by atoms with van der Waals surface area (Å²) in [5.41, 5.74) is 17.0. The number of benzene rings is 6. The van der Waals surface area contributed by atoms with Gasteiger partial charge in [-0.15, -0.1) is 0 Å². The molecule has 4 nitrogen and oxygen atoms in total. The summed E-state index contributed by atoms with van der Waals surface area (Å²) in [6.07, 6.45) is 1.92. The van der Waals surface area contributed by atoms with Gasteiger partial charge < -0.3 is 5.11 Å². The van der Waals surface area contributed by atoms with Gasteiger partial charge in [-0.05, 0) is 115 Å². The number of phenols is 1. The Morgan fingerprint density at radius 3 is 1.60 bits per heavy atom. The summed E-state index contributed by atoms with van der Waals surface area (Å²) < 4.78 is 2.26. The summed E-state index contributed by atoms with van der Waals surface area (Å²) in [4.78, 5) is 10.5. The molecule has 0 aliphatic heterocycles. The molecule has 2 aromatic heterocycles. The van der Waals surface area contributed by atoms with Crippen LogP contribution in [0, 0.1) is 0 Å². The number of hydrogen-bond acceptors (Lipinski definition) is 3. The molecule has 0 amide bonds. The van der Waals surface area contributed by atoms with E-state index in [0.717, 1.165) is 55.8 Å². The van der Waals surface area contributed by atoms with Crippen LogP contribution >= 0.6 is 0 Å². The Morgan fingerprint density at radius 2 is 0.984 bits per heavy atom. The second-order valence-corrected chi connectivity index (χ2v) is 21.1. The van der Waals surface area contributed by atoms with E-state index in [4.69, 9.17) is 9.97 Å². The number of aromatic hydroxyl groups is 1. The fourth-order valence-corrected chi connectivity index (χ4v) is 8.29. The van der Waals surface area contributed by atoms with E-state index in [2.05, 4.69) is 203 Å². The predicted molar refractivity (Wildman–Crippen MR) is 263 cm³/mol. The van der Waals surface area contributed by atoms with Crippen LogP contribution in [0.25, 0.3) is 72.7 Å². The zero-order valence-electron chi connectivity index (χ0n) is 38.6. The van der Waals surface area contributed by atoms with Gasteiger partial charge in [0, 0.05) is 22.9 Å². The second-order valence-electron chi connectivity index (χ2n) is 21.1. The number of hydrogen-bond donors (Lipinski definition) is 1. The first-order valence-corrected chi connectivity index (χ1v) is 22.0. The zero-order valence-corrected chi connectivity index (χ0v) is 38.6. The Bertz CT molecular complexity index is 2920. The lowest BCUT2D eigenvalue weighted by Crippen LogP contribution is -2.13. The molecule has 8 aromatic rings. The van der Waals surface area contributed by atoms with E-state index >= 15 is 0 Å². The molecule has 0 saturated heterocycles.